The van der Waals surface area contributed by atoms with E-state index in [9.17, 15) is 0 Å². The Kier molecular flexibility index (Phi) is 3.59. The normalized spacial score (nSPS) is 10.0. The molecule has 4 nitrogen and oxygen atoms in total. The van der Waals surface area contributed by atoms with E-state index >= 15 is 0 Å². The molecule has 0 aliphatic carbocycles. The molecule has 0 fully saturated rings. The average molecular weight is 228 g/mol. The van der Waals surface area contributed by atoms with Crippen LogP contribution in [-0.4, -0.2) is 0 Å². The Hall–Kier alpha value is -2.04. The van der Waals surface area contributed by atoms with Gasteiger partial charge in [-0.2, -0.15) is 0 Å². The van der Waals surface area contributed by atoms with Gasteiger partial charge >= 0.3 is 0 Å². The van der Waals surface area contributed by atoms with Gasteiger partial charge in [-0.05, 0) is 41.8 Å². The highest BCUT2D eigenvalue weighted by Crippen LogP contribution is 2.14. The van der Waals surface area contributed by atoms with Crippen molar-refractivity contribution in [3.05, 3.63) is 59.7 Å². The van der Waals surface area contributed by atoms with Gasteiger partial charge in [0.25, 0.3) is 0 Å². The predicted octanol–water partition coefficient (Wildman–Crippen LogP) is 1.85. The maximum absolute atomic E-state index is 5.32. The Morgan fingerprint density at radius 3 is 1.29 bits per heavy atom. The van der Waals surface area contributed by atoms with Crippen molar-refractivity contribution in [3.8, 4) is 0 Å². The largest absolute Gasteiger partial charge is 0.324 e. The second-order valence-corrected chi connectivity index (χ2v) is 3.86. The van der Waals surface area contributed by atoms with Crippen molar-refractivity contribution >= 4 is 11.4 Å². The summed E-state index contributed by atoms with van der Waals surface area (Å²) in [5, 5.41) is 0. The van der Waals surface area contributed by atoms with Gasteiger partial charge in [0.15, 0.2) is 0 Å². The number of anilines is 2. The van der Waals surface area contributed by atoms with E-state index < -0.39 is 0 Å². The third-order valence-corrected chi connectivity index (χ3v) is 2.65. The zero-order valence-corrected chi connectivity index (χ0v) is 9.48. The van der Waals surface area contributed by atoms with Crippen LogP contribution in [0.15, 0.2) is 48.5 Å². The minimum absolute atomic E-state index is 0.899. The topological polar surface area (TPSA) is 76.1 Å². The highest BCUT2D eigenvalue weighted by atomic mass is 15.2. The number of nitrogens with one attached hydrogen (secondary N) is 2. The number of benzene rings is 2. The molecule has 0 aliphatic rings. The third-order valence-electron chi connectivity index (χ3n) is 2.65. The molecular formula is C13H16N4. The molecule has 4 heteroatoms. The lowest BCUT2D eigenvalue weighted by atomic mass is 10.0. The van der Waals surface area contributed by atoms with E-state index in [2.05, 4.69) is 35.1 Å². The molecule has 2 aromatic rings. The maximum Gasteiger partial charge on any atom is 0.0485 e. The van der Waals surface area contributed by atoms with Crippen molar-refractivity contribution in [1.29, 1.82) is 0 Å². The summed E-state index contributed by atoms with van der Waals surface area (Å²) in [4.78, 5) is 0. The summed E-state index contributed by atoms with van der Waals surface area (Å²) in [7, 11) is 0. The number of rotatable bonds is 4. The molecule has 0 spiro atoms. The van der Waals surface area contributed by atoms with Crippen LogP contribution >= 0.6 is 0 Å². The fourth-order valence-corrected chi connectivity index (χ4v) is 1.67. The molecule has 0 aromatic heterocycles. The summed E-state index contributed by atoms with van der Waals surface area (Å²) in [6, 6.07) is 16.1. The van der Waals surface area contributed by atoms with Crippen LogP contribution in [0.25, 0.3) is 0 Å². The molecule has 0 bridgehead atoms. The molecular weight excluding hydrogens is 212 g/mol. The highest BCUT2D eigenvalue weighted by Gasteiger charge is 1.97. The summed E-state index contributed by atoms with van der Waals surface area (Å²) < 4.78 is 0. The van der Waals surface area contributed by atoms with Crippen molar-refractivity contribution < 1.29 is 0 Å². The lowest BCUT2D eigenvalue weighted by molar-refractivity contribution is 1.19. The molecule has 0 saturated carbocycles. The standard InChI is InChI=1S/C13H16N4/c14-16-12-5-1-10(2-6-12)9-11-3-7-13(17-15)8-4-11/h1-8,16-17H,9,14-15H2. The van der Waals surface area contributed by atoms with Crippen LogP contribution in [0.4, 0.5) is 11.4 Å². The van der Waals surface area contributed by atoms with Gasteiger partial charge in [-0.15, -0.1) is 0 Å². The molecule has 0 heterocycles. The summed E-state index contributed by atoms with van der Waals surface area (Å²) >= 11 is 0. The Morgan fingerprint density at radius 2 is 1.00 bits per heavy atom. The second kappa shape index (κ2) is 5.34. The molecule has 0 aliphatic heterocycles. The Morgan fingerprint density at radius 1 is 0.647 bits per heavy atom. The van der Waals surface area contributed by atoms with Gasteiger partial charge < -0.3 is 10.9 Å². The van der Waals surface area contributed by atoms with Crippen LogP contribution in [0.2, 0.25) is 0 Å². The zero-order valence-electron chi connectivity index (χ0n) is 9.48. The van der Waals surface area contributed by atoms with Crippen molar-refractivity contribution in [2.45, 2.75) is 6.42 Å². The maximum atomic E-state index is 5.32. The first-order valence-electron chi connectivity index (χ1n) is 5.43. The molecule has 6 N–H and O–H groups in total. The third kappa shape index (κ3) is 2.96. The van der Waals surface area contributed by atoms with E-state index in [0.717, 1.165) is 17.8 Å². The Balaban J connectivity index is 2.08. The van der Waals surface area contributed by atoms with Gasteiger partial charge in [-0.1, -0.05) is 24.3 Å². The van der Waals surface area contributed by atoms with Gasteiger partial charge in [0.05, 0.1) is 0 Å². The number of nitrogen functional groups attached to an aromatic ring is 2. The lowest BCUT2D eigenvalue weighted by Crippen LogP contribution is -2.06. The van der Waals surface area contributed by atoms with Gasteiger partial charge in [0.1, 0.15) is 0 Å². The van der Waals surface area contributed by atoms with E-state index in [1.54, 1.807) is 0 Å². The minimum atomic E-state index is 0.899. The van der Waals surface area contributed by atoms with Gasteiger partial charge in [0.2, 0.25) is 0 Å². The predicted molar refractivity (Wildman–Crippen MR) is 71.3 cm³/mol. The minimum Gasteiger partial charge on any atom is -0.324 e. The van der Waals surface area contributed by atoms with Crippen LogP contribution in [0.1, 0.15) is 11.1 Å². The Labute approximate surface area is 101 Å². The average Bonchev–Trinajstić information content (AvgIpc) is 2.40. The van der Waals surface area contributed by atoms with Crippen LogP contribution < -0.4 is 22.5 Å². The lowest BCUT2D eigenvalue weighted by Gasteiger charge is -2.05. The fourth-order valence-electron chi connectivity index (χ4n) is 1.67. The monoisotopic (exact) mass is 228 g/mol. The molecule has 2 rings (SSSR count). The molecule has 0 atom stereocenters. The van der Waals surface area contributed by atoms with Crippen LogP contribution in [0.5, 0.6) is 0 Å². The summed E-state index contributed by atoms with van der Waals surface area (Å²) in [6.07, 6.45) is 0.899. The first kappa shape index (κ1) is 11.4. The van der Waals surface area contributed by atoms with E-state index in [-0.39, 0.29) is 0 Å². The first-order valence-corrected chi connectivity index (χ1v) is 5.43. The van der Waals surface area contributed by atoms with Gasteiger partial charge in [0, 0.05) is 11.4 Å². The fraction of sp³-hybridized carbons (Fsp3) is 0.0769. The van der Waals surface area contributed by atoms with E-state index in [0.29, 0.717) is 0 Å². The summed E-state index contributed by atoms with van der Waals surface area (Å²) in [6.45, 7) is 0. The molecule has 2 aromatic carbocycles. The van der Waals surface area contributed by atoms with Crippen molar-refractivity contribution in [3.63, 3.8) is 0 Å². The summed E-state index contributed by atoms with van der Waals surface area (Å²) in [5.41, 5.74) is 9.54. The molecule has 0 unspecified atom stereocenters. The van der Waals surface area contributed by atoms with Crippen LogP contribution in [-0.2, 0) is 6.42 Å². The molecule has 0 amide bonds. The van der Waals surface area contributed by atoms with E-state index in [1.165, 1.54) is 11.1 Å². The number of hydrogen-bond donors (Lipinski definition) is 4. The zero-order chi connectivity index (χ0) is 12.1. The highest BCUT2D eigenvalue weighted by molar-refractivity contribution is 5.46. The van der Waals surface area contributed by atoms with Crippen molar-refractivity contribution in [2.24, 2.45) is 11.7 Å². The number of nitrogens with two attached hydrogens (primary N) is 2. The smallest absolute Gasteiger partial charge is 0.0485 e. The van der Waals surface area contributed by atoms with E-state index in [1.807, 2.05) is 24.3 Å². The van der Waals surface area contributed by atoms with Crippen molar-refractivity contribution in [1.82, 2.24) is 0 Å². The molecule has 0 radical (unpaired) electrons. The van der Waals surface area contributed by atoms with Crippen LogP contribution in [0.3, 0.4) is 0 Å². The SMILES string of the molecule is NNc1ccc(Cc2ccc(NN)cc2)cc1. The second-order valence-electron chi connectivity index (χ2n) is 3.86. The van der Waals surface area contributed by atoms with E-state index in [4.69, 9.17) is 11.7 Å². The van der Waals surface area contributed by atoms with Gasteiger partial charge in [-0.3, -0.25) is 11.7 Å². The number of hydrogen-bond acceptors (Lipinski definition) is 4. The quantitative estimate of drug-likeness (QED) is 0.476. The molecule has 88 valence electrons. The van der Waals surface area contributed by atoms with Crippen molar-refractivity contribution in [2.75, 3.05) is 10.9 Å². The molecule has 0 saturated heterocycles. The van der Waals surface area contributed by atoms with Crippen LogP contribution in [0, 0.1) is 0 Å². The van der Waals surface area contributed by atoms with Gasteiger partial charge in [-0.25, -0.2) is 0 Å². The Bertz CT molecular complexity index is 416. The molecule has 17 heavy (non-hydrogen) atoms. The summed E-state index contributed by atoms with van der Waals surface area (Å²) in [5.74, 6) is 10.6. The number of hydrazine groups is 2. The first-order chi connectivity index (χ1) is 8.31.